The van der Waals surface area contributed by atoms with Crippen molar-refractivity contribution in [2.24, 2.45) is 0 Å². The van der Waals surface area contributed by atoms with E-state index in [1.807, 2.05) is 6.07 Å². The largest absolute Gasteiger partial charge is 0.369 e. The standard InChI is InChI=1S/C15H18N4.C11H24/c1-18-9-11-19(12-10-18)14-5-3-13(4-6-14)15-16-7-2-8-17-15;1-3-5-7-9-11-10-8-6-4-2/h2-8H,9-12H2,1H3;3-11H2,1-2H3. The van der Waals surface area contributed by atoms with Gasteiger partial charge in [0.1, 0.15) is 0 Å². The number of hydrogen-bond donors (Lipinski definition) is 0. The van der Waals surface area contributed by atoms with Gasteiger partial charge in [0, 0.05) is 49.8 Å². The van der Waals surface area contributed by atoms with Crippen LogP contribution in [0.2, 0.25) is 0 Å². The summed E-state index contributed by atoms with van der Waals surface area (Å²) in [5, 5.41) is 0. The maximum absolute atomic E-state index is 4.27. The Hall–Kier alpha value is -1.94. The number of likely N-dealkylation sites (N-methyl/N-ethyl adjacent to an activating group) is 1. The van der Waals surface area contributed by atoms with Crippen LogP contribution in [0.3, 0.4) is 0 Å². The third-order valence-electron chi connectivity index (χ3n) is 5.77. The highest BCUT2D eigenvalue weighted by atomic mass is 15.2. The zero-order valence-corrected chi connectivity index (χ0v) is 19.5. The minimum atomic E-state index is 0.785. The van der Waals surface area contributed by atoms with Crippen LogP contribution in [0.4, 0.5) is 5.69 Å². The quantitative estimate of drug-likeness (QED) is 0.422. The molecule has 0 N–H and O–H groups in total. The van der Waals surface area contributed by atoms with Gasteiger partial charge < -0.3 is 9.80 Å². The van der Waals surface area contributed by atoms with E-state index >= 15 is 0 Å². The van der Waals surface area contributed by atoms with Crippen molar-refractivity contribution in [3.8, 4) is 11.4 Å². The van der Waals surface area contributed by atoms with Crippen LogP contribution in [-0.4, -0.2) is 48.1 Å². The molecule has 4 heteroatoms. The first-order valence-corrected chi connectivity index (χ1v) is 12.1. The van der Waals surface area contributed by atoms with Gasteiger partial charge in [0.05, 0.1) is 0 Å². The molecule has 1 aromatic heterocycles. The van der Waals surface area contributed by atoms with Crippen LogP contribution < -0.4 is 4.90 Å². The average molecular weight is 411 g/mol. The first kappa shape index (κ1) is 24.3. The third kappa shape index (κ3) is 9.25. The fraction of sp³-hybridized carbons (Fsp3) is 0.615. The Morgan fingerprint density at radius 3 is 1.70 bits per heavy atom. The molecule has 4 nitrogen and oxygen atoms in total. The smallest absolute Gasteiger partial charge is 0.159 e. The summed E-state index contributed by atoms with van der Waals surface area (Å²) in [4.78, 5) is 13.3. The molecule has 1 saturated heterocycles. The number of aromatic nitrogens is 2. The molecule has 0 radical (unpaired) electrons. The summed E-state index contributed by atoms with van der Waals surface area (Å²) in [6.07, 6.45) is 16.5. The van der Waals surface area contributed by atoms with Crippen LogP contribution in [0.25, 0.3) is 11.4 Å². The number of benzene rings is 1. The van der Waals surface area contributed by atoms with Crippen molar-refractivity contribution < 1.29 is 0 Å². The second kappa shape index (κ2) is 15.0. The first-order valence-electron chi connectivity index (χ1n) is 12.1. The molecule has 1 aromatic carbocycles. The molecule has 30 heavy (non-hydrogen) atoms. The fourth-order valence-electron chi connectivity index (χ4n) is 3.72. The van der Waals surface area contributed by atoms with E-state index in [1.165, 1.54) is 63.5 Å². The molecule has 0 atom stereocenters. The number of anilines is 1. The van der Waals surface area contributed by atoms with E-state index in [9.17, 15) is 0 Å². The van der Waals surface area contributed by atoms with E-state index in [-0.39, 0.29) is 0 Å². The van der Waals surface area contributed by atoms with Gasteiger partial charge in [0.15, 0.2) is 5.82 Å². The summed E-state index contributed by atoms with van der Waals surface area (Å²) < 4.78 is 0. The van der Waals surface area contributed by atoms with Crippen LogP contribution in [0.15, 0.2) is 42.7 Å². The highest BCUT2D eigenvalue weighted by Gasteiger charge is 2.14. The normalized spacial score (nSPS) is 14.3. The number of rotatable bonds is 10. The Morgan fingerprint density at radius 2 is 1.20 bits per heavy atom. The number of piperazine rings is 1. The molecule has 3 rings (SSSR count). The Balaban J connectivity index is 0.000000252. The third-order valence-corrected chi connectivity index (χ3v) is 5.77. The Labute approximate surface area is 184 Å². The number of unbranched alkanes of at least 4 members (excludes halogenated alkanes) is 8. The summed E-state index contributed by atoms with van der Waals surface area (Å²) in [5.74, 6) is 0.785. The molecule has 0 bridgehead atoms. The van der Waals surface area contributed by atoms with Gasteiger partial charge in [-0.05, 0) is 37.4 Å². The highest BCUT2D eigenvalue weighted by Crippen LogP contribution is 2.21. The van der Waals surface area contributed by atoms with E-state index in [0.717, 1.165) is 37.6 Å². The predicted molar refractivity (Wildman–Crippen MR) is 130 cm³/mol. The molecule has 1 fully saturated rings. The van der Waals surface area contributed by atoms with Gasteiger partial charge in [-0.2, -0.15) is 0 Å². The molecule has 0 saturated carbocycles. The molecule has 166 valence electrons. The molecular weight excluding hydrogens is 368 g/mol. The van der Waals surface area contributed by atoms with Crippen molar-refractivity contribution in [3.05, 3.63) is 42.7 Å². The monoisotopic (exact) mass is 410 g/mol. The summed E-state index contributed by atoms with van der Waals surface area (Å²) in [6.45, 7) is 9.00. The molecule has 1 aliphatic heterocycles. The Bertz CT molecular complexity index is 640. The predicted octanol–water partition coefficient (Wildman–Crippen LogP) is 6.43. The van der Waals surface area contributed by atoms with E-state index in [2.05, 4.69) is 64.9 Å². The molecule has 0 unspecified atom stereocenters. The van der Waals surface area contributed by atoms with E-state index in [4.69, 9.17) is 0 Å². The van der Waals surface area contributed by atoms with E-state index in [1.54, 1.807) is 12.4 Å². The Kier molecular flexibility index (Phi) is 12.1. The molecule has 1 aliphatic rings. The van der Waals surface area contributed by atoms with Crippen molar-refractivity contribution in [2.45, 2.75) is 71.6 Å². The highest BCUT2D eigenvalue weighted by molar-refractivity contribution is 5.60. The summed E-state index contributed by atoms with van der Waals surface area (Å²) in [5.41, 5.74) is 2.35. The van der Waals surface area contributed by atoms with Crippen LogP contribution in [0, 0.1) is 0 Å². The lowest BCUT2D eigenvalue weighted by Crippen LogP contribution is -2.44. The van der Waals surface area contributed by atoms with Gasteiger partial charge in [-0.3, -0.25) is 0 Å². The number of nitrogens with zero attached hydrogens (tertiary/aromatic N) is 4. The molecular formula is C26H42N4. The SMILES string of the molecule is CCCCCCCCCCC.CN1CCN(c2ccc(-c3ncccn3)cc2)CC1. The molecule has 2 aromatic rings. The minimum Gasteiger partial charge on any atom is -0.369 e. The second-order valence-electron chi connectivity index (χ2n) is 8.38. The Morgan fingerprint density at radius 1 is 0.700 bits per heavy atom. The van der Waals surface area contributed by atoms with Gasteiger partial charge in [0.25, 0.3) is 0 Å². The van der Waals surface area contributed by atoms with Gasteiger partial charge in [-0.1, -0.05) is 71.6 Å². The molecule has 0 aliphatic carbocycles. The average Bonchev–Trinajstić information content (AvgIpc) is 2.80. The zero-order valence-electron chi connectivity index (χ0n) is 19.5. The fourth-order valence-corrected chi connectivity index (χ4v) is 3.72. The first-order chi connectivity index (χ1) is 14.7. The van der Waals surface area contributed by atoms with Gasteiger partial charge in [0.2, 0.25) is 0 Å². The van der Waals surface area contributed by atoms with Crippen LogP contribution in [-0.2, 0) is 0 Å². The van der Waals surface area contributed by atoms with E-state index < -0.39 is 0 Å². The van der Waals surface area contributed by atoms with Crippen LogP contribution in [0.1, 0.15) is 71.6 Å². The van der Waals surface area contributed by atoms with Gasteiger partial charge in [-0.15, -0.1) is 0 Å². The molecule has 0 amide bonds. The topological polar surface area (TPSA) is 32.3 Å². The lowest BCUT2D eigenvalue weighted by atomic mass is 10.1. The maximum Gasteiger partial charge on any atom is 0.159 e. The lowest BCUT2D eigenvalue weighted by Gasteiger charge is -2.34. The minimum absolute atomic E-state index is 0.785. The zero-order chi connectivity index (χ0) is 21.4. The van der Waals surface area contributed by atoms with Crippen molar-refractivity contribution in [1.29, 1.82) is 0 Å². The number of hydrogen-bond acceptors (Lipinski definition) is 4. The van der Waals surface area contributed by atoms with E-state index in [0.29, 0.717) is 0 Å². The summed E-state index contributed by atoms with van der Waals surface area (Å²) >= 11 is 0. The maximum atomic E-state index is 4.27. The van der Waals surface area contributed by atoms with Crippen molar-refractivity contribution in [2.75, 3.05) is 38.1 Å². The van der Waals surface area contributed by atoms with Crippen LogP contribution >= 0.6 is 0 Å². The van der Waals surface area contributed by atoms with Crippen LogP contribution in [0.5, 0.6) is 0 Å². The molecule has 0 spiro atoms. The lowest BCUT2D eigenvalue weighted by molar-refractivity contribution is 0.313. The van der Waals surface area contributed by atoms with Gasteiger partial charge >= 0.3 is 0 Å². The summed E-state index contributed by atoms with van der Waals surface area (Å²) in [7, 11) is 2.17. The summed E-state index contributed by atoms with van der Waals surface area (Å²) in [6, 6.07) is 10.4. The molecule has 2 heterocycles. The van der Waals surface area contributed by atoms with Crippen molar-refractivity contribution in [1.82, 2.24) is 14.9 Å². The van der Waals surface area contributed by atoms with Crippen molar-refractivity contribution >= 4 is 5.69 Å². The second-order valence-corrected chi connectivity index (χ2v) is 8.38. The van der Waals surface area contributed by atoms with Crippen molar-refractivity contribution in [3.63, 3.8) is 0 Å². The van der Waals surface area contributed by atoms with Gasteiger partial charge in [-0.25, -0.2) is 9.97 Å².